The number of amides is 3. The number of morpholine rings is 1. The molecule has 1 heterocycles. The minimum Gasteiger partial charge on any atom is -0.379 e. The molecule has 26 heavy (non-hydrogen) atoms. The Morgan fingerprint density at radius 3 is 2.69 bits per heavy atom. The molecule has 1 aromatic rings. The largest absolute Gasteiger partial charge is 0.379 e. The summed E-state index contributed by atoms with van der Waals surface area (Å²) in [5, 5.41) is 8.67. The summed E-state index contributed by atoms with van der Waals surface area (Å²) in [5.74, 6) is 0.217. The molecule has 3 amide bonds. The molecule has 2 fully saturated rings. The summed E-state index contributed by atoms with van der Waals surface area (Å²) in [4.78, 5) is 26.3. The first-order chi connectivity index (χ1) is 12.6. The molecule has 3 rings (SSSR count). The zero-order valence-corrected chi connectivity index (χ0v) is 15.3. The Morgan fingerprint density at radius 1 is 1.19 bits per heavy atom. The molecule has 0 aromatic heterocycles. The van der Waals surface area contributed by atoms with Gasteiger partial charge in [-0.15, -0.1) is 0 Å². The lowest BCUT2D eigenvalue weighted by Crippen LogP contribution is -2.38. The van der Waals surface area contributed by atoms with Crippen molar-refractivity contribution in [1.82, 2.24) is 10.2 Å². The van der Waals surface area contributed by atoms with Crippen molar-refractivity contribution >= 4 is 23.3 Å². The second-order valence-electron chi connectivity index (χ2n) is 6.98. The van der Waals surface area contributed by atoms with Crippen LogP contribution in [0.25, 0.3) is 0 Å². The third kappa shape index (κ3) is 5.71. The van der Waals surface area contributed by atoms with Gasteiger partial charge in [0.05, 0.1) is 13.2 Å². The molecule has 1 saturated heterocycles. The fraction of sp³-hybridized carbons (Fsp3) is 0.579. The number of ether oxygens (including phenoxy) is 1. The fourth-order valence-corrected chi connectivity index (χ4v) is 2.92. The highest BCUT2D eigenvalue weighted by atomic mass is 16.5. The highest BCUT2D eigenvalue weighted by Crippen LogP contribution is 2.30. The molecule has 1 aromatic carbocycles. The third-order valence-corrected chi connectivity index (χ3v) is 4.74. The van der Waals surface area contributed by atoms with Crippen molar-refractivity contribution in [1.29, 1.82) is 0 Å². The van der Waals surface area contributed by atoms with Crippen LogP contribution in [0.15, 0.2) is 18.2 Å². The van der Waals surface area contributed by atoms with Gasteiger partial charge in [0.2, 0.25) is 5.91 Å². The summed E-state index contributed by atoms with van der Waals surface area (Å²) in [7, 11) is 0. The van der Waals surface area contributed by atoms with Crippen LogP contribution < -0.4 is 16.0 Å². The first kappa shape index (κ1) is 18.7. The maximum Gasteiger partial charge on any atom is 0.319 e. The van der Waals surface area contributed by atoms with E-state index < -0.39 is 0 Å². The molecule has 1 aliphatic carbocycles. The average molecular weight is 360 g/mol. The molecule has 7 nitrogen and oxygen atoms in total. The molecular formula is C19H28N4O3. The highest BCUT2D eigenvalue weighted by molar-refractivity contribution is 5.96. The van der Waals surface area contributed by atoms with Gasteiger partial charge < -0.3 is 20.7 Å². The predicted octanol–water partition coefficient (Wildman–Crippen LogP) is 2.19. The molecule has 0 unspecified atom stereocenters. The van der Waals surface area contributed by atoms with E-state index in [1.165, 1.54) is 0 Å². The van der Waals surface area contributed by atoms with E-state index in [1.807, 2.05) is 25.1 Å². The van der Waals surface area contributed by atoms with Gasteiger partial charge in [-0.3, -0.25) is 9.69 Å². The van der Waals surface area contributed by atoms with Crippen LogP contribution in [0.5, 0.6) is 0 Å². The third-order valence-electron chi connectivity index (χ3n) is 4.74. The Hall–Kier alpha value is -2.12. The number of urea groups is 1. The lowest BCUT2D eigenvalue weighted by Gasteiger charge is -2.26. The minimum absolute atomic E-state index is 0.0624. The van der Waals surface area contributed by atoms with Gasteiger partial charge in [0.1, 0.15) is 0 Å². The van der Waals surface area contributed by atoms with E-state index >= 15 is 0 Å². The van der Waals surface area contributed by atoms with Crippen LogP contribution in [0.4, 0.5) is 16.2 Å². The Morgan fingerprint density at radius 2 is 1.96 bits per heavy atom. The molecule has 0 radical (unpaired) electrons. The summed E-state index contributed by atoms with van der Waals surface area (Å²) >= 11 is 0. The predicted molar refractivity (Wildman–Crippen MR) is 101 cm³/mol. The lowest BCUT2D eigenvalue weighted by molar-refractivity contribution is -0.117. The number of anilines is 2. The van der Waals surface area contributed by atoms with E-state index in [4.69, 9.17) is 4.74 Å². The molecule has 3 N–H and O–H groups in total. The number of carbonyl (C=O) groups excluding carboxylic acids is 2. The molecule has 2 aliphatic rings. The van der Waals surface area contributed by atoms with Crippen molar-refractivity contribution in [2.75, 3.05) is 50.0 Å². The maximum absolute atomic E-state index is 12.1. The zero-order chi connectivity index (χ0) is 18.4. The summed E-state index contributed by atoms with van der Waals surface area (Å²) in [6.45, 7) is 7.03. The number of carbonyl (C=O) groups is 2. The van der Waals surface area contributed by atoms with Gasteiger partial charge in [0.15, 0.2) is 0 Å². The first-order valence-electron chi connectivity index (χ1n) is 9.38. The number of aryl methyl sites for hydroxylation is 1. The molecule has 1 saturated carbocycles. The SMILES string of the molecule is Cc1ccc(NC(=O)C2CC2)cc1NC(=O)NCCCN1CCOCC1. The second-order valence-corrected chi connectivity index (χ2v) is 6.98. The Balaban J connectivity index is 1.41. The van der Waals surface area contributed by atoms with E-state index in [0.29, 0.717) is 12.2 Å². The van der Waals surface area contributed by atoms with Crippen molar-refractivity contribution in [3.8, 4) is 0 Å². The quantitative estimate of drug-likeness (QED) is 0.651. The average Bonchev–Trinajstić information content (AvgIpc) is 3.48. The number of hydrogen-bond donors (Lipinski definition) is 3. The Kier molecular flexibility index (Phi) is 6.46. The Bertz CT molecular complexity index is 640. The van der Waals surface area contributed by atoms with Crippen LogP contribution in [0.3, 0.4) is 0 Å². The lowest BCUT2D eigenvalue weighted by atomic mass is 10.1. The number of benzene rings is 1. The fourth-order valence-electron chi connectivity index (χ4n) is 2.92. The number of nitrogens with zero attached hydrogens (tertiary/aromatic N) is 1. The van der Waals surface area contributed by atoms with Gasteiger partial charge in [-0.05, 0) is 50.4 Å². The zero-order valence-electron chi connectivity index (χ0n) is 15.3. The number of nitrogens with one attached hydrogen (secondary N) is 3. The first-order valence-corrected chi connectivity index (χ1v) is 9.38. The van der Waals surface area contributed by atoms with Crippen LogP contribution in [0.2, 0.25) is 0 Å². The van der Waals surface area contributed by atoms with Crippen molar-refractivity contribution in [2.45, 2.75) is 26.2 Å². The standard InChI is InChI=1S/C19H28N4O3/c1-14-3-6-16(21-18(24)15-4-5-15)13-17(14)22-19(25)20-7-2-8-23-9-11-26-12-10-23/h3,6,13,15H,2,4-5,7-12H2,1H3,(H,21,24)(H2,20,22,25). The van der Waals surface area contributed by atoms with Crippen molar-refractivity contribution in [2.24, 2.45) is 5.92 Å². The van der Waals surface area contributed by atoms with E-state index in [2.05, 4.69) is 20.9 Å². The minimum atomic E-state index is -0.222. The monoisotopic (exact) mass is 360 g/mol. The van der Waals surface area contributed by atoms with Gasteiger partial charge in [-0.1, -0.05) is 6.07 Å². The molecule has 0 spiro atoms. The molecular weight excluding hydrogens is 332 g/mol. The smallest absolute Gasteiger partial charge is 0.319 e. The summed E-state index contributed by atoms with van der Waals surface area (Å²) in [6.07, 6.45) is 2.84. The van der Waals surface area contributed by atoms with Gasteiger partial charge in [0.25, 0.3) is 0 Å². The van der Waals surface area contributed by atoms with E-state index in [-0.39, 0.29) is 17.9 Å². The van der Waals surface area contributed by atoms with Crippen LogP contribution in [0, 0.1) is 12.8 Å². The molecule has 0 bridgehead atoms. The van der Waals surface area contributed by atoms with Crippen molar-refractivity contribution < 1.29 is 14.3 Å². The molecule has 1 aliphatic heterocycles. The van der Waals surface area contributed by atoms with Crippen LogP contribution in [-0.2, 0) is 9.53 Å². The topological polar surface area (TPSA) is 82.7 Å². The maximum atomic E-state index is 12.1. The van der Waals surface area contributed by atoms with E-state index in [9.17, 15) is 9.59 Å². The van der Waals surface area contributed by atoms with Gasteiger partial charge in [0, 0.05) is 36.9 Å². The summed E-state index contributed by atoms with van der Waals surface area (Å²) < 4.78 is 5.32. The van der Waals surface area contributed by atoms with Crippen molar-refractivity contribution in [3.63, 3.8) is 0 Å². The summed E-state index contributed by atoms with van der Waals surface area (Å²) in [5.41, 5.74) is 2.39. The highest BCUT2D eigenvalue weighted by Gasteiger charge is 2.29. The van der Waals surface area contributed by atoms with Crippen LogP contribution in [0.1, 0.15) is 24.8 Å². The van der Waals surface area contributed by atoms with Gasteiger partial charge in [-0.2, -0.15) is 0 Å². The molecule has 0 atom stereocenters. The number of rotatable bonds is 7. The Labute approximate surface area is 154 Å². The van der Waals surface area contributed by atoms with E-state index in [1.54, 1.807) is 0 Å². The summed E-state index contributed by atoms with van der Waals surface area (Å²) in [6, 6.07) is 5.35. The van der Waals surface area contributed by atoms with Gasteiger partial charge in [-0.25, -0.2) is 4.79 Å². The van der Waals surface area contributed by atoms with Crippen LogP contribution in [-0.4, -0.2) is 56.2 Å². The second kappa shape index (κ2) is 9.00. The molecule has 142 valence electrons. The van der Waals surface area contributed by atoms with Crippen molar-refractivity contribution in [3.05, 3.63) is 23.8 Å². The van der Waals surface area contributed by atoms with Gasteiger partial charge >= 0.3 is 6.03 Å². The van der Waals surface area contributed by atoms with Crippen LogP contribution >= 0.6 is 0 Å². The molecule has 7 heteroatoms. The normalized spacial score (nSPS) is 17.6. The number of hydrogen-bond acceptors (Lipinski definition) is 4. The van der Waals surface area contributed by atoms with E-state index in [0.717, 1.165) is 63.4 Å².